The smallest absolute Gasteiger partial charge is 0.232 e. The van der Waals surface area contributed by atoms with Crippen LogP contribution in [-0.2, 0) is 13.1 Å². The number of hydrogen-bond donors (Lipinski definition) is 2. The summed E-state index contributed by atoms with van der Waals surface area (Å²) in [4.78, 5) is 12.1. The van der Waals surface area contributed by atoms with Crippen molar-refractivity contribution < 1.29 is 4.92 Å². The Bertz CT molecular complexity index is 394. The number of rotatable bonds is 8. The van der Waals surface area contributed by atoms with E-state index in [0.29, 0.717) is 13.1 Å². The van der Waals surface area contributed by atoms with Crippen LogP contribution in [-0.4, -0.2) is 29.1 Å². The summed E-state index contributed by atoms with van der Waals surface area (Å²) >= 11 is 0. The second-order valence-corrected chi connectivity index (χ2v) is 4.57. The van der Waals surface area contributed by atoms with Gasteiger partial charge in [0.15, 0.2) is 0 Å². The van der Waals surface area contributed by atoms with Crippen molar-refractivity contribution in [1.82, 2.24) is 4.90 Å². The first-order valence-electron chi connectivity index (χ1n) is 6.46. The van der Waals surface area contributed by atoms with E-state index < -0.39 is 6.17 Å². The van der Waals surface area contributed by atoms with Gasteiger partial charge in [0, 0.05) is 18.0 Å². The van der Waals surface area contributed by atoms with Crippen LogP contribution in [0.15, 0.2) is 24.3 Å². The number of nitro groups is 1. The van der Waals surface area contributed by atoms with Gasteiger partial charge >= 0.3 is 0 Å². The van der Waals surface area contributed by atoms with Crippen LogP contribution in [0.4, 0.5) is 0 Å². The van der Waals surface area contributed by atoms with Crippen LogP contribution in [0.1, 0.15) is 24.5 Å². The Morgan fingerprint density at radius 2 is 1.89 bits per heavy atom. The highest BCUT2D eigenvalue weighted by Crippen LogP contribution is 2.09. The lowest BCUT2D eigenvalue weighted by atomic mass is 10.1. The highest BCUT2D eigenvalue weighted by atomic mass is 16.6. The minimum absolute atomic E-state index is 0.235. The lowest BCUT2D eigenvalue weighted by molar-refractivity contribution is -0.487. The van der Waals surface area contributed by atoms with Crippen molar-refractivity contribution in [3.05, 3.63) is 45.5 Å². The van der Waals surface area contributed by atoms with Crippen LogP contribution in [0.2, 0.25) is 0 Å². The maximum Gasteiger partial charge on any atom is 0.232 e. The largest absolute Gasteiger partial charge is 0.326 e. The molecule has 0 saturated heterocycles. The molecule has 1 aromatic rings. The molecule has 106 valence electrons. The van der Waals surface area contributed by atoms with Gasteiger partial charge in [0.2, 0.25) is 6.54 Å². The molecule has 1 rings (SSSR count). The van der Waals surface area contributed by atoms with Gasteiger partial charge in [-0.3, -0.25) is 15.0 Å². The van der Waals surface area contributed by atoms with Crippen molar-refractivity contribution in [1.29, 1.82) is 0 Å². The van der Waals surface area contributed by atoms with Gasteiger partial charge < -0.3 is 11.5 Å². The van der Waals surface area contributed by atoms with Gasteiger partial charge in [0.25, 0.3) is 0 Å². The molecule has 0 saturated carbocycles. The van der Waals surface area contributed by atoms with Gasteiger partial charge in [0.05, 0.1) is 0 Å². The van der Waals surface area contributed by atoms with Crippen LogP contribution in [0.5, 0.6) is 0 Å². The van der Waals surface area contributed by atoms with Gasteiger partial charge in [-0.15, -0.1) is 0 Å². The molecule has 1 atom stereocenters. The monoisotopic (exact) mass is 266 g/mol. The van der Waals surface area contributed by atoms with Gasteiger partial charge in [-0.1, -0.05) is 31.2 Å². The molecule has 0 aromatic heterocycles. The molecule has 0 aliphatic heterocycles. The molecular weight excluding hydrogens is 244 g/mol. The molecule has 0 radical (unpaired) electrons. The first-order chi connectivity index (χ1) is 9.06. The molecule has 0 aliphatic rings. The van der Waals surface area contributed by atoms with Crippen LogP contribution in [0, 0.1) is 10.1 Å². The summed E-state index contributed by atoms with van der Waals surface area (Å²) in [5.74, 6) is 0. The van der Waals surface area contributed by atoms with E-state index in [1.165, 1.54) is 0 Å². The first kappa shape index (κ1) is 15.6. The minimum atomic E-state index is -0.552. The van der Waals surface area contributed by atoms with E-state index in [1.807, 2.05) is 36.1 Å². The zero-order chi connectivity index (χ0) is 14.3. The minimum Gasteiger partial charge on any atom is -0.326 e. The Morgan fingerprint density at radius 1 is 1.32 bits per heavy atom. The van der Waals surface area contributed by atoms with Crippen molar-refractivity contribution in [2.45, 2.75) is 32.6 Å². The zero-order valence-electron chi connectivity index (χ0n) is 11.3. The molecule has 0 heterocycles. The third-order valence-corrected chi connectivity index (χ3v) is 2.96. The van der Waals surface area contributed by atoms with Crippen LogP contribution >= 0.6 is 0 Å². The van der Waals surface area contributed by atoms with Crippen molar-refractivity contribution in [2.75, 3.05) is 13.1 Å². The Hall–Kier alpha value is -1.50. The van der Waals surface area contributed by atoms with Gasteiger partial charge in [-0.25, -0.2) is 0 Å². The number of benzene rings is 1. The molecule has 19 heavy (non-hydrogen) atoms. The van der Waals surface area contributed by atoms with E-state index in [1.54, 1.807) is 0 Å². The van der Waals surface area contributed by atoms with E-state index in [9.17, 15) is 10.1 Å². The van der Waals surface area contributed by atoms with E-state index in [2.05, 4.69) is 0 Å². The first-order valence-corrected chi connectivity index (χ1v) is 6.46. The maximum atomic E-state index is 10.5. The normalized spacial score (nSPS) is 12.6. The van der Waals surface area contributed by atoms with E-state index in [0.717, 1.165) is 24.1 Å². The van der Waals surface area contributed by atoms with Crippen molar-refractivity contribution >= 4 is 0 Å². The summed E-state index contributed by atoms with van der Waals surface area (Å²) in [6, 6.07) is 7.92. The molecule has 0 aliphatic carbocycles. The summed E-state index contributed by atoms with van der Waals surface area (Å²) in [6.07, 6.45) is 0.357. The van der Waals surface area contributed by atoms with Gasteiger partial charge in [0.1, 0.15) is 6.17 Å². The average molecular weight is 266 g/mol. The van der Waals surface area contributed by atoms with E-state index in [4.69, 9.17) is 11.5 Å². The lowest BCUT2D eigenvalue weighted by Gasteiger charge is -2.26. The molecule has 0 spiro atoms. The quantitative estimate of drug-likeness (QED) is 0.414. The molecule has 4 N–H and O–H groups in total. The fourth-order valence-electron chi connectivity index (χ4n) is 1.93. The molecule has 6 heteroatoms. The van der Waals surface area contributed by atoms with Crippen LogP contribution in [0.25, 0.3) is 0 Å². The number of nitrogens with two attached hydrogens (primary N) is 2. The lowest BCUT2D eigenvalue weighted by Crippen LogP contribution is -2.46. The Labute approximate surface area is 113 Å². The topological polar surface area (TPSA) is 98.4 Å². The van der Waals surface area contributed by atoms with E-state index in [-0.39, 0.29) is 11.5 Å². The fraction of sp³-hybridized carbons (Fsp3) is 0.538. The van der Waals surface area contributed by atoms with Crippen LogP contribution in [0.3, 0.4) is 0 Å². The highest BCUT2D eigenvalue weighted by Gasteiger charge is 2.18. The van der Waals surface area contributed by atoms with E-state index >= 15 is 0 Å². The number of nitrogens with zero attached hydrogens (tertiary/aromatic N) is 2. The van der Waals surface area contributed by atoms with Crippen molar-refractivity contribution in [3.8, 4) is 0 Å². The molecule has 6 nitrogen and oxygen atoms in total. The molecule has 0 bridgehead atoms. The SMILES string of the molecule is CCCN(Cc1ccc(CN)cc1)C(N)C[N+](=O)[O-]. The second kappa shape index (κ2) is 7.83. The van der Waals surface area contributed by atoms with Gasteiger partial charge in [-0.2, -0.15) is 0 Å². The Morgan fingerprint density at radius 3 is 2.37 bits per heavy atom. The zero-order valence-corrected chi connectivity index (χ0v) is 11.3. The maximum absolute atomic E-state index is 10.5. The fourth-order valence-corrected chi connectivity index (χ4v) is 1.93. The summed E-state index contributed by atoms with van der Waals surface area (Å²) in [5.41, 5.74) is 13.6. The average Bonchev–Trinajstić information content (AvgIpc) is 2.38. The van der Waals surface area contributed by atoms with Crippen molar-refractivity contribution in [2.24, 2.45) is 11.5 Å². The summed E-state index contributed by atoms with van der Waals surface area (Å²) in [5, 5.41) is 10.5. The Kier molecular flexibility index (Phi) is 6.41. The highest BCUT2D eigenvalue weighted by molar-refractivity contribution is 5.22. The summed E-state index contributed by atoms with van der Waals surface area (Å²) in [7, 11) is 0. The number of hydrogen-bond acceptors (Lipinski definition) is 5. The summed E-state index contributed by atoms with van der Waals surface area (Å²) in [6.45, 7) is 3.67. The predicted octanol–water partition coefficient (Wildman–Crippen LogP) is 0.919. The predicted molar refractivity (Wildman–Crippen MR) is 74.9 cm³/mol. The molecule has 0 amide bonds. The standard InChI is InChI=1S/C13H22N4O2/c1-2-7-16(13(15)10-17(18)19)9-12-5-3-11(8-14)4-6-12/h3-6,13H,2,7-10,14-15H2,1H3. The summed E-state index contributed by atoms with van der Waals surface area (Å²) < 4.78 is 0. The molecule has 1 aromatic carbocycles. The molecular formula is C13H22N4O2. The van der Waals surface area contributed by atoms with Crippen molar-refractivity contribution in [3.63, 3.8) is 0 Å². The molecule has 0 fully saturated rings. The molecule has 1 unspecified atom stereocenters. The second-order valence-electron chi connectivity index (χ2n) is 4.57. The van der Waals surface area contributed by atoms with Gasteiger partial charge in [-0.05, 0) is 24.1 Å². The third-order valence-electron chi connectivity index (χ3n) is 2.96. The Balaban J connectivity index is 2.68. The third kappa shape index (κ3) is 5.34. The van der Waals surface area contributed by atoms with Crippen LogP contribution < -0.4 is 11.5 Å².